The molecule has 0 amide bonds. The van der Waals surface area contributed by atoms with E-state index in [1.807, 2.05) is 65.0 Å². The van der Waals surface area contributed by atoms with Crippen molar-refractivity contribution in [3.63, 3.8) is 0 Å². The molecule has 3 aromatic rings. The summed E-state index contributed by atoms with van der Waals surface area (Å²) in [5, 5.41) is 24.1. The minimum Gasteiger partial charge on any atom is -0.851 e. The number of hydrogen-bond acceptors (Lipinski definition) is 7. The van der Waals surface area contributed by atoms with Crippen LogP contribution in [0, 0.1) is 24.8 Å². The van der Waals surface area contributed by atoms with Crippen LogP contribution >= 0.6 is 12.2 Å². The van der Waals surface area contributed by atoms with Gasteiger partial charge in [-0.15, -0.1) is 11.7 Å². The summed E-state index contributed by atoms with van der Waals surface area (Å²) < 4.78 is 6.32. The van der Waals surface area contributed by atoms with E-state index in [1.54, 1.807) is 12.1 Å². The Hall–Kier alpha value is -2.37. The van der Waals surface area contributed by atoms with Gasteiger partial charge in [0.1, 0.15) is 12.7 Å². The second-order valence-corrected chi connectivity index (χ2v) is 8.97. The third kappa shape index (κ3) is 8.77. The van der Waals surface area contributed by atoms with Gasteiger partial charge in [-0.05, 0) is 50.6 Å². The minimum absolute atomic E-state index is 0. The van der Waals surface area contributed by atoms with Crippen molar-refractivity contribution < 1.29 is 43.9 Å². The summed E-state index contributed by atoms with van der Waals surface area (Å²) in [7, 11) is 0. The van der Waals surface area contributed by atoms with Crippen LogP contribution in [0.1, 0.15) is 49.9 Å². The average molecular weight is 488 g/mol. The predicted octanol–water partition coefficient (Wildman–Crippen LogP) is 1.51. The van der Waals surface area contributed by atoms with E-state index < -0.39 is 11.0 Å². The molecule has 0 spiro atoms. The van der Waals surface area contributed by atoms with Crippen LogP contribution in [0.15, 0.2) is 55.1 Å². The first-order valence-corrected chi connectivity index (χ1v) is 10.8. The van der Waals surface area contributed by atoms with E-state index in [2.05, 4.69) is 21.0 Å². The second-order valence-electron chi connectivity index (χ2n) is 8.31. The molecule has 1 heterocycles. The van der Waals surface area contributed by atoms with Crippen molar-refractivity contribution in [2.45, 2.75) is 52.2 Å². The van der Waals surface area contributed by atoms with Gasteiger partial charge >= 0.3 is 29.6 Å². The molecule has 0 N–H and O–H groups in total. The van der Waals surface area contributed by atoms with E-state index in [4.69, 9.17) is 15.8 Å². The van der Waals surface area contributed by atoms with Crippen LogP contribution in [0.5, 0.6) is 5.75 Å². The largest absolute Gasteiger partial charge is 1.00 e. The Labute approximate surface area is 227 Å². The van der Waals surface area contributed by atoms with E-state index in [1.165, 1.54) is 22.3 Å². The number of rotatable bonds is 7. The molecule has 0 radical (unpaired) electrons. The van der Waals surface area contributed by atoms with Crippen molar-refractivity contribution in [3.8, 4) is 11.8 Å². The van der Waals surface area contributed by atoms with Gasteiger partial charge in [-0.25, -0.2) is 11.6 Å². The molecular formula is C24H26N5NaO3S. The number of aromatic nitrogens is 3. The Morgan fingerprint density at radius 2 is 1.79 bits per heavy atom. The summed E-state index contributed by atoms with van der Waals surface area (Å²) in [6.07, 6.45) is 2.94. The first kappa shape index (κ1) is 29.7. The fourth-order valence-electron chi connectivity index (χ4n) is 2.53. The second kappa shape index (κ2) is 13.5. The molecular weight excluding hydrogens is 461 g/mol. The molecule has 0 saturated heterocycles. The third-order valence-electron chi connectivity index (χ3n) is 4.80. The number of aryl methyl sites for hydroxylation is 1. The fourth-order valence-corrected chi connectivity index (χ4v) is 2.88. The zero-order chi connectivity index (χ0) is 24.5. The SMILES string of the molecule is Cc1ccc(OOSn2cncn2)cc1.[C-]#[N+]C(C)(C)c1cc(C[O-])cc(C(C)(C)C#N)c1.[Na+]. The summed E-state index contributed by atoms with van der Waals surface area (Å²) in [4.78, 5) is 12.3. The van der Waals surface area contributed by atoms with Gasteiger partial charge in [0.2, 0.25) is 0 Å². The van der Waals surface area contributed by atoms with Crippen LogP contribution in [0.2, 0.25) is 0 Å². The van der Waals surface area contributed by atoms with Gasteiger partial charge in [0.25, 0.3) is 5.54 Å². The first-order chi connectivity index (χ1) is 15.6. The van der Waals surface area contributed by atoms with Gasteiger partial charge in [0, 0.05) is 19.4 Å². The van der Waals surface area contributed by atoms with Crippen molar-refractivity contribution >= 4 is 12.2 Å². The van der Waals surface area contributed by atoms with Crippen molar-refractivity contribution in [2.24, 2.45) is 0 Å². The zero-order valence-corrected chi connectivity index (χ0v) is 23.1. The van der Waals surface area contributed by atoms with E-state index in [0.29, 0.717) is 11.3 Å². The summed E-state index contributed by atoms with van der Waals surface area (Å²) in [5.41, 5.74) is 2.06. The topological polar surface area (TPSA) is 100 Å². The van der Waals surface area contributed by atoms with E-state index in [9.17, 15) is 10.4 Å². The molecule has 8 nitrogen and oxygen atoms in total. The molecule has 34 heavy (non-hydrogen) atoms. The zero-order valence-electron chi connectivity index (χ0n) is 20.3. The van der Waals surface area contributed by atoms with Gasteiger partial charge in [-0.2, -0.15) is 9.35 Å². The molecule has 3 rings (SSSR count). The van der Waals surface area contributed by atoms with Crippen LogP contribution in [-0.2, 0) is 21.9 Å². The molecule has 2 aromatic carbocycles. The molecule has 0 saturated carbocycles. The molecule has 172 valence electrons. The van der Waals surface area contributed by atoms with Crippen molar-refractivity contribution in [1.82, 2.24) is 14.2 Å². The van der Waals surface area contributed by atoms with Crippen molar-refractivity contribution in [2.75, 3.05) is 0 Å². The van der Waals surface area contributed by atoms with E-state index >= 15 is 0 Å². The Kier molecular flexibility index (Phi) is 11.8. The molecule has 0 fully saturated rings. The number of nitriles is 1. The number of benzene rings is 2. The maximum Gasteiger partial charge on any atom is 1.00 e. The maximum atomic E-state index is 11.1. The van der Waals surface area contributed by atoms with Gasteiger partial charge in [0.05, 0.1) is 11.5 Å². The number of hydrogen-bond donors (Lipinski definition) is 0. The van der Waals surface area contributed by atoms with Crippen molar-refractivity contribution in [3.05, 3.63) is 88.8 Å². The van der Waals surface area contributed by atoms with Gasteiger partial charge in [-0.1, -0.05) is 33.7 Å². The van der Waals surface area contributed by atoms with Crippen LogP contribution in [-0.4, -0.2) is 14.2 Å². The monoisotopic (exact) mass is 487 g/mol. The molecule has 0 aliphatic rings. The van der Waals surface area contributed by atoms with Gasteiger partial charge in [0.15, 0.2) is 18.0 Å². The molecule has 10 heteroatoms. The molecule has 0 unspecified atom stereocenters. The summed E-state index contributed by atoms with van der Waals surface area (Å²) in [6.45, 7) is 16.1. The summed E-state index contributed by atoms with van der Waals surface area (Å²) >= 11 is 0.947. The Balaban J connectivity index is 0.000000334. The quantitative estimate of drug-likeness (QED) is 0.164. The minimum atomic E-state index is -0.675. The smallest absolute Gasteiger partial charge is 0.851 e. The van der Waals surface area contributed by atoms with Crippen LogP contribution in [0.25, 0.3) is 4.85 Å². The predicted molar refractivity (Wildman–Crippen MR) is 124 cm³/mol. The first-order valence-electron chi connectivity index (χ1n) is 10.1. The van der Waals surface area contributed by atoms with Crippen molar-refractivity contribution in [1.29, 1.82) is 5.26 Å². The molecule has 0 atom stereocenters. The van der Waals surface area contributed by atoms with E-state index in [0.717, 1.165) is 23.4 Å². The Morgan fingerprint density at radius 3 is 2.32 bits per heavy atom. The number of nitrogens with zero attached hydrogens (tertiary/aromatic N) is 5. The van der Waals surface area contributed by atoms with Crippen LogP contribution in [0.3, 0.4) is 0 Å². The van der Waals surface area contributed by atoms with Gasteiger partial charge < -0.3 is 14.8 Å². The summed E-state index contributed by atoms with van der Waals surface area (Å²) in [5.74, 6) is 0.646. The Morgan fingerprint density at radius 1 is 1.15 bits per heavy atom. The summed E-state index contributed by atoms with van der Waals surface area (Å²) in [6, 6.07) is 15.2. The fraction of sp³-hybridized carbons (Fsp3) is 0.333. The van der Waals surface area contributed by atoms with Crippen LogP contribution in [0.4, 0.5) is 0 Å². The molecule has 0 aliphatic carbocycles. The molecule has 1 aromatic heterocycles. The van der Waals surface area contributed by atoms with Crippen LogP contribution < -0.4 is 39.6 Å². The maximum absolute atomic E-state index is 11.1. The Bertz CT molecular complexity index is 1080. The molecule has 0 aliphatic heterocycles. The average Bonchev–Trinajstić information content (AvgIpc) is 3.34. The molecule has 0 bridgehead atoms. The standard InChI is InChI=1S/C15H17N2O.C9H9N3O2S.Na/c1-14(2,10-16)12-6-11(9-18)7-13(8-12)15(3,4)17-5;1-8-2-4-9(5-3-8)13-14-15-12-7-10-6-11-12;/h6-8H,9H2,1-4H3;2-7H,1H3;/q-1;;+1. The third-order valence-corrected chi connectivity index (χ3v) is 5.27. The van der Waals surface area contributed by atoms with E-state index in [-0.39, 0.29) is 36.2 Å². The normalized spacial score (nSPS) is 10.7. The van der Waals surface area contributed by atoms with Gasteiger partial charge in [-0.3, -0.25) is 0 Å².